The number of carbonyl (C=O) groups excluding carboxylic acids is 1. The highest BCUT2D eigenvalue weighted by molar-refractivity contribution is 5.78. The summed E-state index contributed by atoms with van der Waals surface area (Å²) >= 11 is 0. The van der Waals surface area contributed by atoms with Crippen LogP contribution in [0, 0.1) is 0 Å². The van der Waals surface area contributed by atoms with Crippen molar-refractivity contribution in [3.05, 3.63) is 35.4 Å². The Morgan fingerprint density at radius 3 is 2.65 bits per heavy atom. The van der Waals surface area contributed by atoms with Crippen LogP contribution in [0.25, 0.3) is 0 Å². The first-order valence-corrected chi connectivity index (χ1v) is 8.67. The standard InChI is InChI=1S/C19H30N2O2/c1-14(2)18-7-5-17(6-8-18)9-10-20-19(22)12-21-11-16(4)23-13-15(21)3/h5-8,14-16H,9-13H2,1-4H3,(H,20,22). The van der Waals surface area contributed by atoms with Gasteiger partial charge in [-0.15, -0.1) is 0 Å². The lowest BCUT2D eigenvalue weighted by atomic mass is 10.0. The Kier molecular flexibility index (Phi) is 6.60. The topological polar surface area (TPSA) is 41.6 Å². The summed E-state index contributed by atoms with van der Waals surface area (Å²) in [6.45, 7) is 11.2. The molecule has 0 bridgehead atoms. The van der Waals surface area contributed by atoms with Gasteiger partial charge in [-0.1, -0.05) is 38.1 Å². The van der Waals surface area contributed by atoms with E-state index in [0.717, 1.165) is 13.0 Å². The third kappa shape index (κ3) is 5.63. The number of hydrogen-bond donors (Lipinski definition) is 1. The van der Waals surface area contributed by atoms with Gasteiger partial charge in [-0.25, -0.2) is 0 Å². The molecule has 0 spiro atoms. The predicted molar refractivity (Wildman–Crippen MR) is 93.7 cm³/mol. The van der Waals surface area contributed by atoms with E-state index in [1.807, 2.05) is 0 Å². The summed E-state index contributed by atoms with van der Waals surface area (Å²) in [6.07, 6.45) is 1.08. The van der Waals surface area contributed by atoms with Crippen molar-refractivity contribution < 1.29 is 9.53 Å². The van der Waals surface area contributed by atoms with Crippen molar-refractivity contribution in [2.75, 3.05) is 26.2 Å². The van der Waals surface area contributed by atoms with Gasteiger partial charge in [-0.05, 0) is 37.3 Å². The molecule has 1 amide bonds. The van der Waals surface area contributed by atoms with Crippen LogP contribution in [0.4, 0.5) is 0 Å². The molecule has 0 aliphatic carbocycles. The molecular weight excluding hydrogens is 288 g/mol. The molecule has 1 aromatic rings. The molecule has 0 radical (unpaired) electrons. The Hall–Kier alpha value is -1.39. The molecule has 1 heterocycles. The largest absolute Gasteiger partial charge is 0.376 e. The number of rotatable bonds is 6. The van der Waals surface area contributed by atoms with E-state index in [4.69, 9.17) is 4.74 Å². The molecule has 23 heavy (non-hydrogen) atoms. The van der Waals surface area contributed by atoms with Gasteiger partial charge in [0.1, 0.15) is 0 Å². The van der Waals surface area contributed by atoms with Gasteiger partial charge in [0.05, 0.1) is 19.3 Å². The summed E-state index contributed by atoms with van der Waals surface area (Å²) in [5.74, 6) is 0.659. The SMILES string of the molecule is CC1CN(CC(=O)NCCc2ccc(C(C)C)cc2)C(C)CO1. The molecule has 1 fully saturated rings. The quantitative estimate of drug-likeness (QED) is 0.876. The van der Waals surface area contributed by atoms with E-state index in [1.54, 1.807) is 0 Å². The van der Waals surface area contributed by atoms with Gasteiger partial charge in [0.25, 0.3) is 0 Å². The Bertz CT molecular complexity index is 499. The molecule has 128 valence electrons. The smallest absolute Gasteiger partial charge is 0.234 e. The van der Waals surface area contributed by atoms with Gasteiger partial charge in [-0.2, -0.15) is 0 Å². The fourth-order valence-corrected chi connectivity index (χ4v) is 2.85. The summed E-state index contributed by atoms with van der Waals surface area (Å²) in [6, 6.07) is 8.98. The first kappa shape index (κ1) is 18.0. The highest BCUT2D eigenvalue weighted by Gasteiger charge is 2.24. The molecule has 4 heteroatoms. The van der Waals surface area contributed by atoms with E-state index in [9.17, 15) is 4.79 Å². The van der Waals surface area contributed by atoms with E-state index in [2.05, 4.69) is 62.2 Å². The highest BCUT2D eigenvalue weighted by Crippen LogP contribution is 2.15. The average Bonchev–Trinajstić information content (AvgIpc) is 2.51. The second-order valence-corrected chi connectivity index (χ2v) is 6.92. The summed E-state index contributed by atoms with van der Waals surface area (Å²) in [5.41, 5.74) is 2.62. The van der Waals surface area contributed by atoms with Crippen LogP contribution < -0.4 is 5.32 Å². The van der Waals surface area contributed by atoms with Crippen LogP contribution in [0.5, 0.6) is 0 Å². The molecule has 1 aliphatic rings. The predicted octanol–water partition coefficient (Wildman–Crippen LogP) is 2.58. The number of carbonyl (C=O) groups is 1. The van der Waals surface area contributed by atoms with E-state index < -0.39 is 0 Å². The zero-order chi connectivity index (χ0) is 16.8. The van der Waals surface area contributed by atoms with Crippen molar-refractivity contribution in [2.24, 2.45) is 0 Å². The first-order chi connectivity index (χ1) is 11.0. The van der Waals surface area contributed by atoms with Crippen LogP contribution in [-0.4, -0.2) is 49.2 Å². The first-order valence-electron chi connectivity index (χ1n) is 8.67. The maximum Gasteiger partial charge on any atom is 0.234 e. The maximum absolute atomic E-state index is 12.1. The van der Waals surface area contributed by atoms with E-state index in [0.29, 0.717) is 31.7 Å². The molecule has 1 aromatic carbocycles. The number of amides is 1. The fraction of sp³-hybridized carbons (Fsp3) is 0.632. The average molecular weight is 318 g/mol. The van der Waals surface area contributed by atoms with E-state index in [-0.39, 0.29) is 12.0 Å². The third-order valence-corrected chi connectivity index (χ3v) is 4.47. The number of morpholine rings is 1. The van der Waals surface area contributed by atoms with Crippen molar-refractivity contribution in [1.82, 2.24) is 10.2 Å². The van der Waals surface area contributed by atoms with Crippen molar-refractivity contribution >= 4 is 5.91 Å². The summed E-state index contributed by atoms with van der Waals surface area (Å²) in [7, 11) is 0. The number of nitrogens with zero attached hydrogens (tertiary/aromatic N) is 1. The second kappa shape index (κ2) is 8.46. The van der Waals surface area contributed by atoms with Crippen LogP contribution in [0.3, 0.4) is 0 Å². The highest BCUT2D eigenvalue weighted by atomic mass is 16.5. The van der Waals surface area contributed by atoms with Crippen LogP contribution >= 0.6 is 0 Å². The second-order valence-electron chi connectivity index (χ2n) is 6.92. The van der Waals surface area contributed by atoms with Crippen LogP contribution in [0.2, 0.25) is 0 Å². The molecule has 1 aliphatic heterocycles. The van der Waals surface area contributed by atoms with Gasteiger partial charge in [0.15, 0.2) is 0 Å². The van der Waals surface area contributed by atoms with Crippen LogP contribution in [0.1, 0.15) is 44.7 Å². The van der Waals surface area contributed by atoms with E-state index >= 15 is 0 Å². The molecule has 2 atom stereocenters. The lowest BCUT2D eigenvalue weighted by Crippen LogP contribution is -2.51. The zero-order valence-corrected chi connectivity index (χ0v) is 14.8. The zero-order valence-electron chi connectivity index (χ0n) is 14.8. The molecule has 2 rings (SSSR count). The van der Waals surface area contributed by atoms with Gasteiger partial charge >= 0.3 is 0 Å². The van der Waals surface area contributed by atoms with Crippen molar-refractivity contribution in [3.63, 3.8) is 0 Å². The van der Waals surface area contributed by atoms with Crippen LogP contribution in [0.15, 0.2) is 24.3 Å². The Balaban J connectivity index is 1.72. The minimum absolute atomic E-state index is 0.102. The number of benzene rings is 1. The molecule has 0 aromatic heterocycles. The maximum atomic E-state index is 12.1. The molecule has 0 saturated carbocycles. The van der Waals surface area contributed by atoms with E-state index in [1.165, 1.54) is 11.1 Å². The number of nitrogens with one attached hydrogen (secondary N) is 1. The monoisotopic (exact) mass is 318 g/mol. The summed E-state index contributed by atoms with van der Waals surface area (Å²) in [4.78, 5) is 14.3. The Morgan fingerprint density at radius 2 is 2.00 bits per heavy atom. The molecule has 2 unspecified atom stereocenters. The fourth-order valence-electron chi connectivity index (χ4n) is 2.85. The molecule has 4 nitrogen and oxygen atoms in total. The minimum Gasteiger partial charge on any atom is -0.376 e. The third-order valence-electron chi connectivity index (χ3n) is 4.47. The lowest BCUT2D eigenvalue weighted by Gasteiger charge is -2.36. The number of ether oxygens (including phenoxy) is 1. The van der Waals surface area contributed by atoms with Crippen LogP contribution in [-0.2, 0) is 16.0 Å². The van der Waals surface area contributed by atoms with Gasteiger partial charge in [-0.3, -0.25) is 9.69 Å². The lowest BCUT2D eigenvalue weighted by molar-refractivity contribution is -0.125. The Labute approximate surface area is 140 Å². The van der Waals surface area contributed by atoms with Gasteiger partial charge in [0.2, 0.25) is 5.91 Å². The summed E-state index contributed by atoms with van der Waals surface area (Å²) < 4.78 is 5.59. The van der Waals surface area contributed by atoms with Gasteiger partial charge in [0, 0.05) is 19.1 Å². The molecule has 1 saturated heterocycles. The summed E-state index contributed by atoms with van der Waals surface area (Å²) in [5, 5.41) is 3.03. The van der Waals surface area contributed by atoms with Crippen molar-refractivity contribution in [1.29, 1.82) is 0 Å². The minimum atomic E-state index is 0.102. The Morgan fingerprint density at radius 1 is 1.30 bits per heavy atom. The van der Waals surface area contributed by atoms with Gasteiger partial charge < -0.3 is 10.1 Å². The van der Waals surface area contributed by atoms with Crippen molar-refractivity contribution in [3.8, 4) is 0 Å². The van der Waals surface area contributed by atoms with Crippen molar-refractivity contribution in [2.45, 2.75) is 52.2 Å². The molecular formula is C19H30N2O2. The molecule has 1 N–H and O–H groups in total. The number of hydrogen-bond acceptors (Lipinski definition) is 3. The normalized spacial score (nSPS) is 22.3.